The largest absolute Gasteiger partial charge is 0.493 e. The fraction of sp³-hybridized carbons (Fsp3) is 0.348. The number of piperazine rings is 1. The van der Waals surface area contributed by atoms with Gasteiger partial charge in [-0.25, -0.2) is 0 Å². The SMILES string of the molecule is CCC(O)N1CCN(C(=O)c2cc3c(C(=O)Nc4c(Cl)cncc4Cl)ccc(OC)c3o2)CC1. The summed E-state index contributed by atoms with van der Waals surface area (Å²) in [5, 5.41) is 13.5. The van der Waals surface area contributed by atoms with Gasteiger partial charge in [-0.2, -0.15) is 0 Å². The summed E-state index contributed by atoms with van der Waals surface area (Å²) >= 11 is 12.3. The lowest BCUT2D eigenvalue weighted by Gasteiger charge is -2.36. The van der Waals surface area contributed by atoms with E-state index in [4.69, 9.17) is 32.4 Å². The number of methoxy groups -OCH3 is 1. The van der Waals surface area contributed by atoms with Gasteiger partial charge >= 0.3 is 0 Å². The Morgan fingerprint density at radius 1 is 1.21 bits per heavy atom. The number of hydrogen-bond acceptors (Lipinski definition) is 7. The predicted molar refractivity (Wildman–Crippen MR) is 129 cm³/mol. The van der Waals surface area contributed by atoms with Crippen LogP contribution in [0.4, 0.5) is 5.69 Å². The molecule has 4 rings (SSSR count). The molecule has 180 valence electrons. The fourth-order valence-electron chi connectivity index (χ4n) is 3.91. The Bertz CT molecular complexity index is 1200. The average Bonchev–Trinajstić information content (AvgIpc) is 3.30. The molecule has 0 spiro atoms. The maximum atomic E-state index is 13.1. The summed E-state index contributed by atoms with van der Waals surface area (Å²) in [7, 11) is 1.48. The van der Waals surface area contributed by atoms with Crippen LogP contribution in [0.15, 0.2) is 35.0 Å². The molecular formula is C23H24Cl2N4O5. The van der Waals surface area contributed by atoms with Crippen LogP contribution in [0, 0.1) is 0 Å². The van der Waals surface area contributed by atoms with Crippen molar-refractivity contribution < 1.29 is 23.8 Å². The molecule has 1 atom stereocenters. The first kappa shape index (κ1) is 24.3. The number of furan rings is 1. The van der Waals surface area contributed by atoms with E-state index in [0.717, 1.165) is 0 Å². The van der Waals surface area contributed by atoms with Crippen molar-refractivity contribution >= 4 is 51.7 Å². The van der Waals surface area contributed by atoms with E-state index < -0.39 is 12.1 Å². The van der Waals surface area contributed by atoms with Crippen LogP contribution in [-0.2, 0) is 0 Å². The van der Waals surface area contributed by atoms with Gasteiger partial charge < -0.3 is 24.5 Å². The van der Waals surface area contributed by atoms with Gasteiger partial charge in [0, 0.05) is 44.0 Å². The van der Waals surface area contributed by atoms with Crippen molar-refractivity contribution in [2.75, 3.05) is 38.6 Å². The van der Waals surface area contributed by atoms with Gasteiger partial charge in [-0.1, -0.05) is 30.1 Å². The van der Waals surface area contributed by atoms with Crippen LogP contribution in [0.5, 0.6) is 5.75 Å². The molecule has 9 nitrogen and oxygen atoms in total. The summed E-state index contributed by atoms with van der Waals surface area (Å²) in [6.45, 7) is 3.94. The lowest BCUT2D eigenvalue weighted by Crippen LogP contribution is -2.51. The van der Waals surface area contributed by atoms with E-state index in [1.54, 1.807) is 17.0 Å². The number of nitrogens with one attached hydrogen (secondary N) is 1. The minimum absolute atomic E-state index is 0.0954. The summed E-state index contributed by atoms with van der Waals surface area (Å²) in [4.78, 5) is 33.7. The Labute approximate surface area is 206 Å². The highest BCUT2D eigenvalue weighted by atomic mass is 35.5. The number of carbonyl (C=O) groups is 2. The van der Waals surface area contributed by atoms with E-state index in [1.807, 2.05) is 11.8 Å². The second-order valence-corrected chi connectivity index (χ2v) is 8.63. The highest BCUT2D eigenvalue weighted by molar-refractivity contribution is 6.39. The van der Waals surface area contributed by atoms with Gasteiger partial charge in [0.15, 0.2) is 17.1 Å². The van der Waals surface area contributed by atoms with Gasteiger partial charge in [-0.05, 0) is 24.6 Å². The number of aliphatic hydroxyl groups is 1. The van der Waals surface area contributed by atoms with E-state index in [-0.39, 0.29) is 38.5 Å². The number of pyridine rings is 1. The molecule has 1 aliphatic rings. The van der Waals surface area contributed by atoms with Crippen LogP contribution in [0.3, 0.4) is 0 Å². The lowest BCUT2D eigenvalue weighted by atomic mass is 10.1. The number of benzene rings is 1. The van der Waals surface area contributed by atoms with Gasteiger partial charge in [-0.15, -0.1) is 0 Å². The number of halogens is 2. The van der Waals surface area contributed by atoms with E-state index in [1.165, 1.54) is 25.6 Å². The molecule has 3 heterocycles. The number of anilines is 1. The third-order valence-corrected chi connectivity index (χ3v) is 6.38. The fourth-order valence-corrected chi connectivity index (χ4v) is 4.37. The smallest absolute Gasteiger partial charge is 0.289 e. The second-order valence-electron chi connectivity index (χ2n) is 7.82. The van der Waals surface area contributed by atoms with Crippen LogP contribution in [-0.4, -0.2) is 71.2 Å². The number of rotatable bonds is 6. The Balaban J connectivity index is 1.62. The van der Waals surface area contributed by atoms with Gasteiger partial charge in [0.1, 0.15) is 6.23 Å². The van der Waals surface area contributed by atoms with Crippen LogP contribution < -0.4 is 10.1 Å². The van der Waals surface area contributed by atoms with E-state index >= 15 is 0 Å². The number of carbonyl (C=O) groups excluding carboxylic acids is 2. The zero-order valence-electron chi connectivity index (χ0n) is 18.7. The molecule has 1 aliphatic heterocycles. The molecule has 1 fully saturated rings. The molecule has 11 heteroatoms. The predicted octanol–water partition coefficient (Wildman–Crippen LogP) is 3.88. The molecule has 0 saturated carbocycles. The Morgan fingerprint density at radius 3 is 2.50 bits per heavy atom. The van der Waals surface area contributed by atoms with Crippen LogP contribution in [0.1, 0.15) is 34.3 Å². The van der Waals surface area contributed by atoms with Crippen LogP contribution in [0.25, 0.3) is 11.0 Å². The van der Waals surface area contributed by atoms with Crippen molar-refractivity contribution in [3.8, 4) is 5.75 Å². The highest BCUT2D eigenvalue weighted by Crippen LogP contribution is 2.34. The zero-order chi connectivity index (χ0) is 24.4. The third kappa shape index (κ3) is 4.69. The maximum Gasteiger partial charge on any atom is 0.289 e. The summed E-state index contributed by atoms with van der Waals surface area (Å²) in [6.07, 6.45) is 2.86. The third-order valence-electron chi connectivity index (χ3n) is 5.80. The molecule has 34 heavy (non-hydrogen) atoms. The molecule has 0 bridgehead atoms. The zero-order valence-corrected chi connectivity index (χ0v) is 20.2. The summed E-state index contributed by atoms with van der Waals surface area (Å²) in [5.74, 6) is -0.292. The average molecular weight is 507 g/mol. The van der Waals surface area contributed by atoms with E-state index in [0.29, 0.717) is 43.7 Å². The van der Waals surface area contributed by atoms with Crippen LogP contribution in [0.2, 0.25) is 10.0 Å². The van der Waals surface area contributed by atoms with Crippen molar-refractivity contribution in [2.45, 2.75) is 19.6 Å². The number of hydrogen-bond donors (Lipinski definition) is 2. The monoisotopic (exact) mass is 506 g/mol. The van der Waals surface area contributed by atoms with E-state index in [9.17, 15) is 14.7 Å². The maximum absolute atomic E-state index is 13.1. The van der Waals surface area contributed by atoms with Crippen molar-refractivity contribution in [1.29, 1.82) is 0 Å². The van der Waals surface area contributed by atoms with E-state index in [2.05, 4.69) is 10.3 Å². The minimum Gasteiger partial charge on any atom is -0.493 e. The minimum atomic E-state index is -0.517. The van der Waals surface area contributed by atoms with Crippen molar-refractivity contribution in [3.05, 3.63) is 52.0 Å². The molecule has 1 aromatic carbocycles. The Kier molecular flexibility index (Phi) is 7.27. The molecule has 1 saturated heterocycles. The Morgan fingerprint density at radius 2 is 1.88 bits per heavy atom. The second kappa shape index (κ2) is 10.2. The number of fused-ring (bicyclic) bond motifs is 1. The number of nitrogens with zero attached hydrogens (tertiary/aromatic N) is 3. The van der Waals surface area contributed by atoms with Gasteiger partial charge in [0.05, 0.1) is 28.4 Å². The summed E-state index contributed by atoms with van der Waals surface area (Å²) < 4.78 is 11.2. The Hall–Kier alpha value is -2.85. The molecule has 1 unspecified atom stereocenters. The molecule has 2 amide bonds. The first-order valence-corrected chi connectivity index (χ1v) is 11.5. The topological polar surface area (TPSA) is 108 Å². The molecule has 0 radical (unpaired) electrons. The highest BCUT2D eigenvalue weighted by Gasteiger charge is 2.28. The van der Waals surface area contributed by atoms with Crippen molar-refractivity contribution in [3.63, 3.8) is 0 Å². The van der Waals surface area contributed by atoms with Crippen molar-refractivity contribution in [2.24, 2.45) is 0 Å². The van der Waals surface area contributed by atoms with Crippen molar-refractivity contribution in [1.82, 2.24) is 14.8 Å². The molecule has 3 aromatic rings. The lowest BCUT2D eigenvalue weighted by molar-refractivity contribution is -0.0241. The normalized spacial score (nSPS) is 15.4. The molecule has 2 N–H and O–H groups in total. The number of amides is 2. The van der Waals surface area contributed by atoms with Gasteiger partial charge in [0.25, 0.3) is 11.8 Å². The number of aliphatic hydroxyl groups excluding tert-OH is 1. The van der Waals surface area contributed by atoms with Gasteiger partial charge in [0.2, 0.25) is 0 Å². The molecular weight excluding hydrogens is 483 g/mol. The summed E-state index contributed by atoms with van der Waals surface area (Å²) in [5.41, 5.74) is 0.781. The van der Waals surface area contributed by atoms with Gasteiger partial charge in [-0.3, -0.25) is 19.5 Å². The molecule has 0 aliphatic carbocycles. The first-order chi connectivity index (χ1) is 16.3. The number of ether oxygens (including phenoxy) is 1. The summed E-state index contributed by atoms with van der Waals surface area (Å²) in [6, 6.07) is 4.71. The standard InChI is InChI=1S/C23H24Cl2N4O5/c1-3-19(30)28-6-8-29(9-7-28)23(32)18-10-14-13(4-5-17(33-2)21(14)34-18)22(31)27-20-15(24)11-26-12-16(20)25/h4-5,10-12,19,30H,3,6-9H2,1-2H3,(H,26,27,31). The van der Waals surface area contributed by atoms with Crippen LogP contribution >= 0.6 is 23.2 Å². The first-order valence-electron chi connectivity index (χ1n) is 10.8. The quantitative estimate of drug-likeness (QED) is 0.522. The molecule has 2 aromatic heterocycles. The number of aromatic nitrogens is 1.